The average Bonchev–Trinajstić information content (AvgIpc) is 3.17. The van der Waals surface area contributed by atoms with E-state index in [1.807, 2.05) is 30.3 Å². The first-order valence-electron chi connectivity index (χ1n) is 10.1. The summed E-state index contributed by atoms with van der Waals surface area (Å²) in [5.41, 5.74) is 1.64. The summed E-state index contributed by atoms with van der Waals surface area (Å²) in [6, 6.07) is 15.1. The molecule has 2 heterocycles. The molecule has 0 radical (unpaired) electrons. The van der Waals surface area contributed by atoms with Crippen LogP contribution in [0.3, 0.4) is 0 Å². The van der Waals surface area contributed by atoms with Crippen molar-refractivity contribution < 1.29 is 19.1 Å². The number of fused-ring (bicyclic) bond motifs is 1. The lowest BCUT2D eigenvalue weighted by molar-refractivity contribution is -0.128. The molecule has 1 aliphatic carbocycles. The van der Waals surface area contributed by atoms with E-state index in [0.29, 0.717) is 23.8 Å². The van der Waals surface area contributed by atoms with Gasteiger partial charge in [0.2, 0.25) is 0 Å². The van der Waals surface area contributed by atoms with Crippen LogP contribution in [0.1, 0.15) is 40.2 Å². The molecule has 0 bridgehead atoms. The van der Waals surface area contributed by atoms with Crippen LogP contribution in [0.15, 0.2) is 48.5 Å². The van der Waals surface area contributed by atoms with Crippen molar-refractivity contribution in [1.29, 1.82) is 0 Å². The zero-order chi connectivity index (χ0) is 20.9. The predicted octanol–water partition coefficient (Wildman–Crippen LogP) is 2.42. The fourth-order valence-electron chi connectivity index (χ4n) is 4.95. The Hall–Kier alpha value is -3.35. The van der Waals surface area contributed by atoms with Gasteiger partial charge >= 0.3 is 6.03 Å². The first-order valence-corrected chi connectivity index (χ1v) is 10.1. The van der Waals surface area contributed by atoms with E-state index >= 15 is 0 Å². The number of nitrogens with zero attached hydrogens (tertiary/aromatic N) is 1. The molecular formula is C23H23N3O4. The summed E-state index contributed by atoms with van der Waals surface area (Å²) in [5, 5.41) is 5.26. The van der Waals surface area contributed by atoms with Crippen LogP contribution >= 0.6 is 0 Å². The SMILES string of the molecule is COc1ccc2c(c1)C(=O)N(C[C@@]1(C3CC(c4ccccc4)C3)NC(=O)NC1=O)C2. The lowest BCUT2D eigenvalue weighted by Gasteiger charge is -2.46. The van der Waals surface area contributed by atoms with E-state index in [1.165, 1.54) is 5.56 Å². The Morgan fingerprint density at radius 1 is 1.10 bits per heavy atom. The lowest BCUT2D eigenvalue weighted by Crippen LogP contribution is -2.62. The highest BCUT2D eigenvalue weighted by Gasteiger charge is 2.57. The largest absolute Gasteiger partial charge is 0.497 e. The number of carbonyl (C=O) groups excluding carboxylic acids is 3. The van der Waals surface area contributed by atoms with E-state index < -0.39 is 11.6 Å². The highest BCUT2D eigenvalue weighted by atomic mass is 16.5. The van der Waals surface area contributed by atoms with E-state index in [9.17, 15) is 14.4 Å². The summed E-state index contributed by atoms with van der Waals surface area (Å²) in [6.07, 6.45) is 1.58. The van der Waals surface area contributed by atoms with Crippen LogP contribution < -0.4 is 15.4 Å². The van der Waals surface area contributed by atoms with Gasteiger partial charge in [0.05, 0.1) is 13.7 Å². The zero-order valence-corrected chi connectivity index (χ0v) is 16.7. The highest BCUT2D eigenvalue weighted by Crippen LogP contribution is 2.48. The molecule has 1 atom stereocenters. The van der Waals surface area contributed by atoms with Gasteiger partial charge in [-0.1, -0.05) is 36.4 Å². The van der Waals surface area contributed by atoms with Gasteiger partial charge in [0, 0.05) is 12.1 Å². The maximum Gasteiger partial charge on any atom is 0.322 e. The molecular weight excluding hydrogens is 382 g/mol. The molecule has 2 aromatic carbocycles. The molecule has 0 aromatic heterocycles. The molecule has 7 nitrogen and oxygen atoms in total. The van der Waals surface area contributed by atoms with Gasteiger partial charge < -0.3 is 15.0 Å². The van der Waals surface area contributed by atoms with Gasteiger partial charge in [0.1, 0.15) is 11.3 Å². The van der Waals surface area contributed by atoms with Gasteiger partial charge in [-0.05, 0) is 47.9 Å². The third kappa shape index (κ3) is 2.84. The van der Waals surface area contributed by atoms with Crippen molar-refractivity contribution in [2.75, 3.05) is 13.7 Å². The number of rotatable bonds is 5. The third-order valence-electron chi connectivity index (χ3n) is 6.71. The summed E-state index contributed by atoms with van der Waals surface area (Å²) >= 11 is 0. The Labute approximate surface area is 174 Å². The Morgan fingerprint density at radius 3 is 2.53 bits per heavy atom. The minimum atomic E-state index is -1.09. The summed E-state index contributed by atoms with van der Waals surface area (Å²) in [6.45, 7) is 0.574. The second-order valence-electron chi connectivity index (χ2n) is 8.34. The summed E-state index contributed by atoms with van der Waals surface area (Å²) in [7, 11) is 1.56. The number of carbonyl (C=O) groups is 3. The normalized spacial score (nSPS) is 27.4. The molecule has 30 heavy (non-hydrogen) atoms. The first-order chi connectivity index (χ1) is 14.5. The number of benzene rings is 2. The molecule has 1 saturated heterocycles. The number of urea groups is 1. The van der Waals surface area contributed by atoms with Crippen LogP contribution in [0.5, 0.6) is 5.75 Å². The van der Waals surface area contributed by atoms with Gasteiger partial charge in [-0.2, -0.15) is 0 Å². The maximum absolute atomic E-state index is 13.0. The summed E-state index contributed by atoms with van der Waals surface area (Å²) < 4.78 is 5.23. The quantitative estimate of drug-likeness (QED) is 0.748. The van der Waals surface area contributed by atoms with E-state index in [4.69, 9.17) is 4.74 Å². The monoisotopic (exact) mass is 405 g/mol. The second-order valence-corrected chi connectivity index (χ2v) is 8.34. The maximum atomic E-state index is 13.0. The Bertz CT molecular complexity index is 1030. The zero-order valence-electron chi connectivity index (χ0n) is 16.7. The fourth-order valence-corrected chi connectivity index (χ4v) is 4.95. The van der Waals surface area contributed by atoms with Crippen LogP contribution in [0.25, 0.3) is 0 Å². The van der Waals surface area contributed by atoms with Gasteiger partial charge in [0.25, 0.3) is 11.8 Å². The number of nitrogens with one attached hydrogen (secondary N) is 2. The highest BCUT2D eigenvalue weighted by molar-refractivity contribution is 6.08. The molecule has 5 rings (SSSR count). The standard InChI is InChI=1S/C23H23N3O4/c1-30-18-8-7-15-12-26(20(27)19(15)11-18)13-23(21(28)24-22(29)25-23)17-9-16(10-17)14-5-3-2-4-6-14/h2-8,11,16-17H,9-10,12-13H2,1H3,(H2,24,25,28,29)/t16?,17?,23-/m0/s1. The molecule has 4 amide bonds. The number of ether oxygens (including phenoxy) is 1. The van der Waals surface area contributed by atoms with Gasteiger partial charge in [-0.15, -0.1) is 0 Å². The average molecular weight is 405 g/mol. The van der Waals surface area contributed by atoms with E-state index in [-0.39, 0.29) is 24.3 Å². The van der Waals surface area contributed by atoms with E-state index in [2.05, 4.69) is 22.8 Å². The fraction of sp³-hybridized carbons (Fsp3) is 0.348. The predicted molar refractivity (Wildman–Crippen MR) is 109 cm³/mol. The Morgan fingerprint density at radius 2 is 1.87 bits per heavy atom. The smallest absolute Gasteiger partial charge is 0.322 e. The van der Waals surface area contributed by atoms with Crippen molar-refractivity contribution >= 4 is 17.8 Å². The number of hydrogen-bond donors (Lipinski definition) is 2. The molecule has 2 N–H and O–H groups in total. The second kappa shape index (κ2) is 6.86. The van der Waals surface area contributed by atoms with Crippen molar-refractivity contribution in [1.82, 2.24) is 15.5 Å². The van der Waals surface area contributed by atoms with Crippen LogP contribution in [0.4, 0.5) is 4.79 Å². The molecule has 1 saturated carbocycles. The molecule has 0 unspecified atom stereocenters. The lowest BCUT2D eigenvalue weighted by atomic mass is 9.62. The Kier molecular flexibility index (Phi) is 4.27. The van der Waals surface area contributed by atoms with Gasteiger partial charge in [0.15, 0.2) is 0 Å². The van der Waals surface area contributed by atoms with E-state index in [1.54, 1.807) is 18.1 Å². The minimum Gasteiger partial charge on any atom is -0.497 e. The molecule has 7 heteroatoms. The summed E-state index contributed by atoms with van der Waals surface area (Å²) in [5.74, 6) is 0.464. The first kappa shape index (κ1) is 18.7. The number of imide groups is 1. The topological polar surface area (TPSA) is 87.7 Å². The van der Waals surface area contributed by atoms with Crippen molar-refractivity contribution in [3.05, 3.63) is 65.2 Å². The van der Waals surface area contributed by atoms with Crippen LogP contribution in [0, 0.1) is 5.92 Å². The van der Waals surface area contributed by atoms with Gasteiger partial charge in [-0.25, -0.2) is 4.79 Å². The van der Waals surface area contributed by atoms with Crippen LogP contribution in [-0.4, -0.2) is 41.9 Å². The van der Waals surface area contributed by atoms with Crippen molar-refractivity contribution in [3.8, 4) is 5.75 Å². The molecule has 0 spiro atoms. The van der Waals surface area contributed by atoms with Crippen molar-refractivity contribution in [2.45, 2.75) is 30.8 Å². The number of hydrogen-bond acceptors (Lipinski definition) is 4. The number of amides is 4. The third-order valence-corrected chi connectivity index (χ3v) is 6.71. The Balaban J connectivity index is 1.38. The van der Waals surface area contributed by atoms with Crippen LogP contribution in [0.2, 0.25) is 0 Å². The molecule has 2 aromatic rings. The molecule has 2 fully saturated rings. The summed E-state index contributed by atoms with van der Waals surface area (Å²) in [4.78, 5) is 39.6. The van der Waals surface area contributed by atoms with Crippen LogP contribution in [-0.2, 0) is 11.3 Å². The minimum absolute atomic E-state index is 0.0276. The molecule has 2 aliphatic heterocycles. The van der Waals surface area contributed by atoms with Crippen molar-refractivity contribution in [3.63, 3.8) is 0 Å². The van der Waals surface area contributed by atoms with Crippen molar-refractivity contribution in [2.24, 2.45) is 5.92 Å². The van der Waals surface area contributed by atoms with E-state index in [0.717, 1.165) is 18.4 Å². The molecule has 154 valence electrons. The van der Waals surface area contributed by atoms with Gasteiger partial charge in [-0.3, -0.25) is 14.9 Å². The molecule has 3 aliphatic rings. The number of methoxy groups -OCH3 is 1.